The Morgan fingerprint density at radius 3 is 2.44 bits per heavy atom. The van der Waals surface area contributed by atoms with Crippen LogP contribution in [0, 0.1) is 5.92 Å². The molecule has 4 nitrogen and oxygen atoms in total. The smallest absolute Gasteiger partial charge is 0.222 e. The number of hydrogen-bond acceptors (Lipinski definition) is 3. The van der Waals surface area contributed by atoms with Gasteiger partial charge in [-0.3, -0.25) is 4.79 Å². The predicted molar refractivity (Wildman–Crippen MR) is 73.8 cm³/mol. The van der Waals surface area contributed by atoms with Gasteiger partial charge in [0.1, 0.15) is 0 Å². The average molecular weight is 277 g/mol. The van der Waals surface area contributed by atoms with Crippen molar-refractivity contribution in [2.75, 3.05) is 20.2 Å². The lowest BCUT2D eigenvalue weighted by atomic mass is 9.98. The van der Waals surface area contributed by atoms with E-state index in [-0.39, 0.29) is 18.4 Å². The minimum absolute atomic E-state index is 0. The number of nitrogens with two attached hydrogens (primary N) is 1. The number of carbonyl (C=O) groups excluding carboxylic acids is 1. The summed E-state index contributed by atoms with van der Waals surface area (Å²) in [7, 11) is 1.75. The number of ether oxygens (including phenoxy) is 1. The molecule has 1 saturated carbocycles. The summed E-state index contributed by atoms with van der Waals surface area (Å²) in [6, 6.07) is 0.246. The normalized spacial score (nSPS) is 29.1. The van der Waals surface area contributed by atoms with Crippen molar-refractivity contribution in [3.05, 3.63) is 0 Å². The first-order valence-electron chi connectivity index (χ1n) is 6.77. The Balaban J connectivity index is 0.00000162. The van der Waals surface area contributed by atoms with E-state index < -0.39 is 0 Å². The molecule has 5 heteroatoms. The predicted octanol–water partition coefficient (Wildman–Crippen LogP) is 1.56. The Hall–Kier alpha value is -0.320. The van der Waals surface area contributed by atoms with E-state index in [4.69, 9.17) is 10.5 Å². The molecule has 0 unspecified atom stereocenters. The van der Waals surface area contributed by atoms with Gasteiger partial charge in [-0.2, -0.15) is 0 Å². The highest BCUT2D eigenvalue weighted by molar-refractivity contribution is 5.85. The molecule has 0 spiro atoms. The van der Waals surface area contributed by atoms with Gasteiger partial charge in [-0.25, -0.2) is 0 Å². The highest BCUT2D eigenvalue weighted by atomic mass is 35.5. The summed E-state index contributed by atoms with van der Waals surface area (Å²) in [5.74, 6) is 0.713. The lowest BCUT2D eigenvalue weighted by Gasteiger charge is -2.32. The van der Waals surface area contributed by atoms with Gasteiger partial charge in [0.25, 0.3) is 0 Å². The van der Waals surface area contributed by atoms with E-state index in [0.717, 1.165) is 38.8 Å². The van der Waals surface area contributed by atoms with E-state index in [1.807, 2.05) is 4.90 Å². The summed E-state index contributed by atoms with van der Waals surface area (Å²) in [5, 5.41) is 0. The topological polar surface area (TPSA) is 55.6 Å². The Labute approximate surface area is 116 Å². The van der Waals surface area contributed by atoms with Crippen LogP contribution in [-0.2, 0) is 9.53 Å². The highest BCUT2D eigenvalue weighted by Crippen LogP contribution is 2.28. The molecule has 0 aromatic carbocycles. The van der Waals surface area contributed by atoms with Crippen molar-refractivity contribution in [2.45, 2.75) is 50.7 Å². The van der Waals surface area contributed by atoms with Crippen molar-refractivity contribution < 1.29 is 9.53 Å². The van der Waals surface area contributed by atoms with Crippen molar-refractivity contribution >= 4 is 18.3 Å². The van der Waals surface area contributed by atoms with Crippen molar-refractivity contribution in [2.24, 2.45) is 11.7 Å². The van der Waals surface area contributed by atoms with Crippen LogP contribution in [0.15, 0.2) is 0 Å². The van der Waals surface area contributed by atoms with Crippen LogP contribution >= 0.6 is 12.4 Å². The lowest BCUT2D eigenvalue weighted by Crippen LogP contribution is -2.42. The van der Waals surface area contributed by atoms with Gasteiger partial charge in [-0.1, -0.05) is 6.42 Å². The van der Waals surface area contributed by atoms with Crippen LogP contribution in [0.4, 0.5) is 0 Å². The monoisotopic (exact) mass is 276 g/mol. The SMILES string of the molecule is COC1CCN(C(=O)C[C@@H]2CCC[C@H]2N)CC1.Cl. The van der Waals surface area contributed by atoms with Crippen LogP contribution in [0.5, 0.6) is 0 Å². The fourth-order valence-electron chi connectivity index (χ4n) is 3.01. The van der Waals surface area contributed by atoms with Crippen molar-refractivity contribution in [3.63, 3.8) is 0 Å². The Kier molecular flexibility index (Phi) is 6.39. The van der Waals surface area contributed by atoms with Crippen LogP contribution in [0.1, 0.15) is 38.5 Å². The number of likely N-dealkylation sites (tertiary alicyclic amines) is 1. The molecule has 0 aromatic rings. The molecular formula is C13H25ClN2O2. The standard InChI is InChI=1S/C13H24N2O2.ClH/c1-17-11-5-7-15(8-6-11)13(16)9-10-3-2-4-12(10)14;/h10-12H,2-9,14H2,1H3;1H/t10-,12+;/m0./s1. The molecule has 2 aliphatic rings. The second kappa shape index (κ2) is 7.31. The molecule has 1 aliphatic heterocycles. The number of methoxy groups -OCH3 is 1. The minimum atomic E-state index is 0. The maximum Gasteiger partial charge on any atom is 0.222 e. The molecule has 0 aromatic heterocycles. The van der Waals surface area contributed by atoms with E-state index in [1.54, 1.807) is 7.11 Å². The van der Waals surface area contributed by atoms with E-state index in [1.165, 1.54) is 6.42 Å². The number of hydrogen-bond donors (Lipinski definition) is 1. The van der Waals surface area contributed by atoms with Gasteiger partial charge in [-0.15, -0.1) is 12.4 Å². The van der Waals surface area contributed by atoms with Gasteiger partial charge >= 0.3 is 0 Å². The molecule has 0 radical (unpaired) electrons. The van der Waals surface area contributed by atoms with Crippen molar-refractivity contribution in [1.82, 2.24) is 4.90 Å². The van der Waals surface area contributed by atoms with Gasteiger partial charge in [0, 0.05) is 32.7 Å². The first-order valence-corrected chi connectivity index (χ1v) is 6.77. The Bertz CT molecular complexity index is 268. The summed E-state index contributed by atoms with van der Waals surface area (Å²) in [6.45, 7) is 1.69. The first kappa shape index (κ1) is 15.7. The second-order valence-electron chi connectivity index (χ2n) is 5.37. The molecule has 1 heterocycles. The van der Waals surface area contributed by atoms with Crippen LogP contribution in [0.2, 0.25) is 0 Å². The van der Waals surface area contributed by atoms with Gasteiger partial charge < -0.3 is 15.4 Å². The maximum absolute atomic E-state index is 12.1. The van der Waals surface area contributed by atoms with Crippen LogP contribution < -0.4 is 5.73 Å². The second-order valence-corrected chi connectivity index (χ2v) is 5.37. The molecule has 2 fully saturated rings. The third-order valence-corrected chi connectivity index (χ3v) is 4.28. The molecule has 2 atom stereocenters. The molecule has 1 saturated heterocycles. The van der Waals surface area contributed by atoms with E-state index in [9.17, 15) is 4.79 Å². The van der Waals surface area contributed by atoms with Crippen molar-refractivity contribution in [1.29, 1.82) is 0 Å². The molecule has 18 heavy (non-hydrogen) atoms. The molecule has 1 amide bonds. The highest BCUT2D eigenvalue weighted by Gasteiger charge is 2.29. The molecule has 1 aliphatic carbocycles. The summed E-state index contributed by atoms with van der Waals surface area (Å²) in [5.41, 5.74) is 6.01. The number of nitrogens with zero attached hydrogens (tertiary/aromatic N) is 1. The molecule has 106 valence electrons. The molecule has 2 N–H and O–H groups in total. The largest absolute Gasteiger partial charge is 0.381 e. The summed E-state index contributed by atoms with van der Waals surface area (Å²) in [4.78, 5) is 14.1. The Morgan fingerprint density at radius 1 is 1.28 bits per heavy atom. The van der Waals surface area contributed by atoms with Crippen LogP contribution in [0.3, 0.4) is 0 Å². The zero-order chi connectivity index (χ0) is 12.3. The van der Waals surface area contributed by atoms with Gasteiger partial charge in [0.2, 0.25) is 5.91 Å². The zero-order valence-electron chi connectivity index (χ0n) is 11.1. The van der Waals surface area contributed by atoms with E-state index in [2.05, 4.69) is 0 Å². The molecular weight excluding hydrogens is 252 g/mol. The van der Waals surface area contributed by atoms with Gasteiger partial charge in [0.15, 0.2) is 0 Å². The summed E-state index contributed by atoms with van der Waals surface area (Å²) < 4.78 is 5.31. The molecule has 2 rings (SSSR count). The minimum Gasteiger partial charge on any atom is -0.381 e. The van der Waals surface area contributed by atoms with Crippen LogP contribution in [-0.4, -0.2) is 43.2 Å². The maximum atomic E-state index is 12.1. The summed E-state index contributed by atoms with van der Waals surface area (Å²) >= 11 is 0. The first-order chi connectivity index (χ1) is 8.20. The number of rotatable bonds is 3. The van der Waals surface area contributed by atoms with Crippen molar-refractivity contribution in [3.8, 4) is 0 Å². The fourth-order valence-corrected chi connectivity index (χ4v) is 3.01. The number of halogens is 1. The summed E-state index contributed by atoms with van der Waals surface area (Å²) in [6.07, 6.45) is 6.33. The quantitative estimate of drug-likeness (QED) is 0.851. The molecule has 0 bridgehead atoms. The number of carbonyl (C=O) groups is 1. The Morgan fingerprint density at radius 2 is 1.94 bits per heavy atom. The lowest BCUT2D eigenvalue weighted by molar-refractivity contribution is -0.134. The van der Waals surface area contributed by atoms with Crippen LogP contribution in [0.25, 0.3) is 0 Å². The average Bonchev–Trinajstić information content (AvgIpc) is 2.75. The van der Waals surface area contributed by atoms with E-state index >= 15 is 0 Å². The number of amides is 1. The van der Waals surface area contributed by atoms with Gasteiger partial charge in [-0.05, 0) is 31.6 Å². The zero-order valence-corrected chi connectivity index (χ0v) is 12.0. The fraction of sp³-hybridized carbons (Fsp3) is 0.923. The third kappa shape index (κ3) is 3.84. The van der Waals surface area contributed by atoms with Gasteiger partial charge in [0.05, 0.1) is 6.10 Å². The van der Waals surface area contributed by atoms with E-state index in [0.29, 0.717) is 24.3 Å². The third-order valence-electron chi connectivity index (χ3n) is 4.28. The number of piperidine rings is 1.